The highest BCUT2D eigenvalue weighted by molar-refractivity contribution is 5.83. The summed E-state index contributed by atoms with van der Waals surface area (Å²) in [6.07, 6.45) is 1.54. The number of hydrogen-bond acceptors (Lipinski definition) is 4. The number of nitrogens with two attached hydrogens (primary N) is 1. The van der Waals surface area contributed by atoms with Crippen LogP contribution in [0.1, 0.15) is 26.3 Å². The number of benzene rings is 3. The van der Waals surface area contributed by atoms with Gasteiger partial charge in [0.2, 0.25) is 0 Å². The van der Waals surface area contributed by atoms with E-state index in [0.29, 0.717) is 28.0 Å². The van der Waals surface area contributed by atoms with E-state index < -0.39 is 0 Å². The monoisotopic (exact) mass is 399 g/mol. The summed E-state index contributed by atoms with van der Waals surface area (Å²) in [5.74, 6) is 0.572. The number of nitrogen functional groups attached to an aromatic ring is 1. The van der Waals surface area contributed by atoms with Gasteiger partial charge in [0.25, 0.3) is 5.56 Å². The number of nitrogens with zero attached hydrogens (tertiary/aromatic N) is 2. The predicted molar refractivity (Wildman–Crippen MR) is 122 cm³/mol. The van der Waals surface area contributed by atoms with E-state index in [2.05, 4.69) is 50.0 Å². The first-order chi connectivity index (χ1) is 14.3. The van der Waals surface area contributed by atoms with Gasteiger partial charge in [-0.2, -0.15) is 0 Å². The average molecular weight is 399 g/mol. The van der Waals surface area contributed by atoms with Crippen LogP contribution in [0.15, 0.2) is 71.8 Å². The van der Waals surface area contributed by atoms with Gasteiger partial charge in [-0.25, -0.2) is 4.98 Å². The van der Waals surface area contributed by atoms with E-state index in [1.807, 2.05) is 18.2 Å². The van der Waals surface area contributed by atoms with Gasteiger partial charge in [-0.05, 0) is 52.4 Å². The number of ether oxygens (including phenoxy) is 1. The highest BCUT2D eigenvalue weighted by atomic mass is 16.5. The van der Waals surface area contributed by atoms with Crippen molar-refractivity contribution in [2.24, 2.45) is 0 Å². The largest absolute Gasteiger partial charge is 0.495 e. The third-order valence-electron chi connectivity index (χ3n) is 5.33. The van der Waals surface area contributed by atoms with Gasteiger partial charge in [0.05, 0.1) is 29.4 Å². The van der Waals surface area contributed by atoms with Crippen molar-refractivity contribution in [2.75, 3.05) is 12.8 Å². The highest BCUT2D eigenvalue weighted by Gasteiger charge is 2.14. The molecule has 0 aliphatic carbocycles. The molecule has 4 aromatic rings. The number of rotatable bonds is 3. The van der Waals surface area contributed by atoms with Gasteiger partial charge in [-0.3, -0.25) is 9.36 Å². The molecule has 0 aliphatic heterocycles. The van der Waals surface area contributed by atoms with Crippen LogP contribution in [-0.4, -0.2) is 16.7 Å². The van der Waals surface area contributed by atoms with Crippen molar-refractivity contribution in [3.8, 4) is 22.6 Å². The Hall–Kier alpha value is -3.60. The van der Waals surface area contributed by atoms with Crippen molar-refractivity contribution >= 4 is 16.6 Å². The number of aromatic nitrogens is 2. The number of fused-ring (bicyclic) bond motifs is 1. The van der Waals surface area contributed by atoms with Gasteiger partial charge in [-0.1, -0.05) is 51.1 Å². The van der Waals surface area contributed by atoms with Crippen LogP contribution in [0, 0.1) is 0 Å². The minimum Gasteiger partial charge on any atom is -0.495 e. The lowest BCUT2D eigenvalue weighted by Gasteiger charge is -2.19. The molecule has 0 atom stereocenters. The Kier molecular flexibility index (Phi) is 4.82. The summed E-state index contributed by atoms with van der Waals surface area (Å²) >= 11 is 0. The van der Waals surface area contributed by atoms with Gasteiger partial charge in [0.1, 0.15) is 12.1 Å². The van der Waals surface area contributed by atoms with Crippen molar-refractivity contribution in [3.05, 3.63) is 82.9 Å². The SMILES string of the molecule is COc1ccc(-n2cnc3cc(-c4ccc(C(C)(C)C)cc4)ccc3c2=O)cc1N. The minimum atomic E-state index is -0.140. The van der Waals surface area contributed by atoms with Crippen molar-refractivity contribution in [2.45, 2.75) is 26.2 Å². The Morgan fingerprint density at radius 3 is 2.27 bits per heavy atom. The maximum atomic E-state index is 13.0. The van der Waals surface area contributed by atoms with E-state index in [9.17, 15) is 4.79 Å². The van der Waals surface area contributed by atoms with Crippen molar-refractivity contribution in [1.82, 2.24) is 9.55 Å². The lowest BCUT2D eigenvalue weighted by atomic mass is 9.86. The van der Waals surface area contributed by atoms with Gasteiger partial charge in [0.15, 0.2) is 0 Å². The Bertz CT molecular complexity index is 1280. The van der Waals surface area contributed by atoms with Crippen LogP contribution in [-0.2, 0) is 5.41 Å². The molecule has 0 fully saturated rings. The Morgan fingerprint density at radius 1 is 0.933 bits per heavy atom. The standard InChI is InChI=1S/C25H25N3O2/c1-25(2,3)18-8-5-16(6-9-18)17-7-11-20-22(13-17)27-15-28(24(20)29)19-10-12-23(30-4)21(26)14-19/h5-15H,26H2,1-4H3. The maximum Gasteiger partial charge on any atom is 0.265 e. The number of anilines is 1. The second-order valence-corrected chi connectivity index (χ2v) is 8.41. The van der Waals surface area contributed by atoms with E-state index >= 15 is 0 Å². The topological polar surface area (TPSA) is 70.1 Å². The molecule has 2 N–H and O–H groups in total. The van der Waals surface area contributed by atoms with E-state index in [-0.39, 0.29) is 11.0 Å². The van der Waals surface area contributed by atoms with Gasteiger partial charge in [-0.15, -0.1) is 0 Å². The molecule has 0 spiro atoms. The molecule has 30 heavy (non-hydrogen) atoms. The Labute approximate surface area is 175 Å². The smallest absolute Gasteiger partial charge is 0.265 e. The summed E-state index contributed by atoms with van der Waals surface area (Å²) < 4.78 is 6.69. The van der Waals surface area contributed by atoms with E-state index in [1.54, 1.807) is 31.6 Å². The summed E-state index contributed by atoms with van der Waals surface area (Å²) in [7, 11) is 1.56. The summed E-state index contributed by atoms with van der Waals surface area (Å²) in [4.78, 5) is 17.6. The summed E-state index contributed by atoms with van der Waals surface area (Å²) in [5.41, 5.74) is 11.2. The second-order valence-electron chi connectivity index (χ2n) is 8.41. The molecule has 0 amide bonds. The van der Waals surface area contributed by atoms with Crippen LogP contribution in [0.25, 0.3) is 27.7 Å². The van der Waals surface area contributed by atoms with Gasteiger partial charge >= 0.3 is 0 Å². The third kappa shape index (κ3) is 3.54. The predicted octanol–water partition coefficient (Wildman–Crippen LogP) is 4.94. The van der Waals surface area contributed by atoms with Gasteiger partial charge in [0, 0.05) is 0 Å². The van der Waals surface area contributed by atoms with Crippen LogP contribution < -0.4 is 16.0 Å². The molecule has 0 saturated carbocycles. The molecule has 0 aliphatic rings. The molecule has 1 heterocycles. The molecule has 0 bridgehead atoms. The molecular formula is C25H25N3O2. The fraction of sp³-hybridized carbons (Fsp3) is 0.200. The summed E-state index contributed by atoms with van der Waals surface area (Å²) in [5, 5.41) is 0.557. The maximum absolute atomic E-state index is 13.0. The second kappa shape index (κ2) is 7.34. The Morgan fingerprint density at radius 2 is 1.63 bits per heavy atom. The van der Waals surface area contributed by atoms with E-state index in [1.165, 1.54) is 10.1 Å². The van der Waals surface area contributed by atoms with Crippen LogP contribution in [0.3, 0.4) is 0 Å². The first-order valence-electron chi connectivity index (χ1n) is 9.84. The number of methoxy groups -OCH3 is 1. The van der Waals surface area contributed by atoms with E-state index in [0.717, 1.165) is 11.1 Å². The van der Waals surface area contributed by atoms with Crippen molar-refractivity contribution in [1.29, 1.82) is 0 Å². The molecule has 1 aromatic heterocycles. The molecule has 0 unspecified atom stereocenters. The highest BCUT2D eigenvalue weighted by Crippen LogP contribution is 2.28. The van der Waals surface area contributed by atoms with E-state index in [4.69, 9.17) is 10.5 Å². The fourth-order valence-electron chi connectivity index (χ4n) is 3.52. The molecule has 5 heteroatoms. The first kappa shape index (κ1) is 19.7. The van der Waals surface area contributed by atoms with Crippen molar-refractivity contribution in [3.63, 3.8) is 0 Å². The quantitative estimate of drug-likeness (QED) is 0.495. The number of hydrogen-bond donors (Lipinski definition) is 1. The normalized spacial score (nSPS) is 11.6. The van der Waals surface area contributed by atoms with Gasteiger partial charge < -0.3 is 10.5 Å². The lowest BCUT2D eigenvalue weighted by molar-refractivity contribution is 0.417. The molecular weight excluding hydrogens is 374 g/mol. The molecule has 0 radical (unpaired) electrons. The zero-order valence-electron chi connectivity index (χ0n) is 17.6. The van der Waals surface area contributed by atoms with Crippen LogP contribution in [0.2, 0.25) is 0 Å². The fourth-order valence-corrected chi connectivity index (χ4v) is 3.52. The zero-order valence-corrected chi connectivity index (χ0v) is 17.6. The Balaban J connectivity index is 1.74. The van der Waals surface area contributed by atoms with Crippen LogP contribution >= 0.6 is 0 Å². The minimum absolute atomic E-state index is 0.111. The summed E-state index contributed by atoms with van der Waals surface area (Å²) in [6, 6.07) is 19.5. The lowest BCUT2D eigenvalue weighted by Crippen LogP contribution is -2.19. The van der Waals surface area contributed by atoms with Crippen LogP contribution in [0.4, 0.5) is 5.69 Å². The first-order valence-corrected chi connectivity index (χ1v) is 9.84. The molecule has 3 aromatic carbocycles. The molecule has 152 valence electrons. The van der Waals surface area contributed by atoms with Crippen molar-refractivity contribution < 1.29 is 4.74 Å². The average Bonchev–Trinajstić information content (AvgIpc) is 2.73. The summed E-state index contributed by atoms with van der Waals surface area (Å²) in [6.45, 7) is 6.59. The molecule has 5 nitrogen and oxygen atoms in total. The third-order valence-corrected chi connectivity index (χ3v) is 5.33. The molecule has 0 saturated heterocycles. The van der Waals surface area contributed by atoms with Crippen LogP contribution in [0.5, 0.6) is 5.75 Å². The zero-order chi connectivity index (χ0) is 21.5. The molecule has 4 rings (SSSR count).